The van der Waals surface area contributed by atoms with Gasteiger partial charge in [-0.25, -0.2) is 0 Å². The maximum absolute atomic E-state index is 2.39. The predicted molar refractivity (Wildman–Crippen MR) is 262 cm³/mol. The first-order valence-electron chi connectivity index (χ1n) is 20.9. The number of nitrogens with zero attached hydrogens (tertiary/aromatic N) is 2. The summed E-state index contributed by atoms with van der Waals surface area (Å²) in [6, 6.07) is 85.0. The van der Waals surface area contributed by atoms with Crippen LogP contribution in [0.4, 0.5) is 34.1 Å². The van der Waals surface area contributed by atoms with Crippen molar-refractivity contribution in [2.75, 3.05) is 9.80 Å². The summed E-state index contributed by atoms with van der Waals surface area (Å²) in [6.07, 6.45) is 4.37. The van der Waals surface area contributed by atoms with Crippen LogP contribution in [0, 0.1) is 6.92 Å². The summed E-state index contributed by atoms with van der Waals surface area (Å²) in [5, 5.41) is 4.98. The van der Waals surface area contributed by atoms with E-state index in [4.69, 9.17) is 0 Å². The largest absolute Gasteiger partial charge is 0.311 e. The average Bonchev–Trinajstić information content (AvgIpc) is 3.33. The number of hydrogen-bond acceptors (Lipinski definition) is 2. The molecule has 0 aromatic heterocycles. The molecule has 0 saturated heterocycles. The lowest BCUT2D eigenvalue weighted by molar-refractivity contribution is 1.28. The molecule has 10 aromatic rings. The van der Waals surface area contributed by atoms with Gasteiger partial charge in [0, 0.05) is 33.8 Å². The molecular formula is C59H44N2. The van der Waals surface area contributed by atoms with Crippen LogP contribution in [0.2, 0.25) is 0 Å². The van der Waals surface area contributed by atoms with Crippen molar-refractivity contribution in [1.82, 2.24) is 0 Å². The molecular weight excluding hydrogens is 737 g/mol. The lowest BCUT2D eigenvalue weighted by Gasteiger charge is -2.28. The predicted octanol–water partition coefficient (Wildman–Crippen LogP) is 16.7. The van der Waals surface area contributed by atoms with Gasteiger partial charge in [-0.15, -0.1) is 0 Å². The van der Waals surface area contributed by atoms with Crippen molar-refractivity contribution in [3.8, 4) is 22.3 Å². The number of anilines is 6. The molecule has 0 unspecified atom stereocenters. The molecule has 0 heterocycles. The lowest BCUT2D eigenvalue weighted by Crippen LogP contribution is -2.10. The number of benzene rings is 10. The van der Waals surface area contributed by atoms with Crippen LogP contribution in [0.5, 0.6) is 0 Å². The SMILES string of the molecule is Cc1ccc(N(c2ccc(-c3ccc(/C=C/c4ccc(-c5ccc(N(c6ccccc6)c6ccccc6)cc5)cc4)cc3)cc2)c2cc3ccccc3c3ccccc23)cc1. The van der Waals surface area contributed by atoms with E-state index < -0.39 is 0 Å². The monoisotopic (exact) mass is 780 g/mol. The Labute approximate surface area is 358 Å². The highest BCUT2D eigenvalue weighted by Gasteiger charge is 2.18. The van der Waals surface area contributed by atoms with Gasteiger partial charge >= 0.3 is 0 Å². The van der Waals surface area contributed by atoms with Crippen LogP contribution in [0.25, 0.3) is 56.0 Å². The van der Waals surface area contributed by atoms with Gasteiger partial charge in [0.1, 0.15) is 0 Å². The van der Waals surface area contributed by atoms with Crippen molar-refractivity contribution in [3.63, 3.8) is 0 Å². The summed E-state index contributed by atoms with van der Waals surface area (Å²) >= 11 is 0. The molecule has 0 atom stereocenters. The van der Waals surface area contributed by atoms with Crippen molar-refractivity contribution in [2.45, 2.75) is 6.92 Å². The smallest absolute Gasteiger partial charge is 0.0546 e. The first-order chi connectivity index (χ1) is 30.1. The molecule has 0 N–H and O–H groups in total. The number of fused-ring (bicyclic) bond motifs is 3. The summed E-state index contributed by atoms with van der Waals surface area (Å²) in [4.78, 5) is 4.68. The zero-order chi connectivity index (χ0) is 41.0. The number of para-hydroxylation sites is 2. The fourth-order valence-electron chi connectivity index (χ4n) is 8.31. The zero-order valence-electron chi connectivity index (χ0n) is 34.1. The highest BCUT2D eigenvalue weighted by Crippen LogP contribution is 2.42. The van der Waals surface area contributed by atoms with Gasteiger partial charge in [-0.05, 0) is 123 Å². The first kappa shape index (κ1) is 37.3. The molecule has 10 aromatic carbocycles. The number of hydrogen-bond donors (Lipinski definition) is 0. The third kappa shape index (κ3) is 7.83. The van der Waals surface area contributed by atoms with Crippen LogP contribution in [0.1, 0.15) is 16.7 Å². The minimum absolute atomic E-state index is 1.12. The Morgan fingerprint density at radius 1 is 0.295 bits per heavy atom. The Morgan fingerprint density at radius 2 is 0.656 bits per heavy atom. The minimum Gasteiger partial charge on any atom is -0.311 e. The van der Waals surface area contributed by atoms with Crippen LogP contribution in [0.15, 0.2) is 237 Å². The Hall–Kier alpha value is -7.94. The molecule has 0 amide bonds. The zero-order valence-corrected chi connectivity index (χ0v) is 34.1. The summed E-state index contributed by atoms with van der Waals surface area (Å²) in [6.45, 7) is 2.14. The summed E-state index contributed by atoms with van der Waals surface area (Å²) in [5.41, 5.74) is 15.1. The van der Waals surface area contributed by atoms with Gasteiger partial charge in [0.15, 0.2) is 0 Å². The van der Waals surface area contributed by atoms with Gasteiger partial charge in [0.05, 0.1) is 5.69 Å². The van der Waals surface area contributed by atoms with Crippen molar-refractivity contribution < 1.29 is 0 Å². The van der Waals surface area contributed by atoms with Gasteiger partial charge in [-0.2, -0.15) is 0 Å². The molecule has 2 nitrogen and oxygen atoms in total. The second-order valence-corrected chi connectivity index (χ2v) is 15.5. The molecule has 290 valence electrons. The molecule has 0 radical (unpaired) electrons. The second-order valence-electron chi connectivity index (χ2n) is 15.5. The van der Waals surface area contributed by atoms with E-state index in [9.17, 15) is 0 Å². The van der Waals surface area contributed by atoms with E-state index in [0.29, 0.717) is 0 Å². The van der Waals surface area contributed by atoms with Crippen molar-refractivity contribution in [2.24, 2.45) is 0 Å². The molecule has 61 heavy (non-hydrogen) atoms. The van der Waals surface area contributed by atoms with E-state index in [1.807, 2.05) is 0 Å². The number of rotatable bonds is 10. The normalized spacial score (nSPS) is 11.3. The lowest BCUT2D eigenvalue weighted by atomic mass is 9.98. The summed E-state index contributed by atoms with van der Waals surface area (Å²) in [5.74, 6) is 0. The molecule has 0 spiro atoms. The van der Waals surface area contributed by atoms with Crippen LogP contribution in [-0.4, -0.2) is 0 Å². The van der Waals surface area contributed by atoms with Gasteiger partial charge in [0.2, 0.25) is 0 Å². The van der Waals surface area contributed by atoms with Crippen molar-refractivity contribution in [1.29, 1.82) is 0 Å². The summed E-state index contributed by atoms with van der Waals surface area (Å²) in [7, 11) is 0. The number of aryl methyl sites for hydroxylation is 1. The first-order valence-corrected chi connectivity index (χ1v) is 20.9. The third-order valence-electron chi connectivity index (χ3n) is 11.5. The fraction of sp³-hybridized carbons (Fsp3) is 0.0169. The van der Waals surface area contributed by atoms with Gasteiger partial charge < -0.3 is 9.80 Å². The Balaban J connectivity index is 0.856. The van der Waals surface area contributed by atoms with Crippen LogP contribution < -0.4 is 9.80 Å². The maximum Gasteiger partial charge on any atom is 0.0546 e. The quantitative estimate of drug-likeness (QED) is 0.101. The van der Waals surface area contributed by atoms with Crippen LogP contribution in [-0.2, 0) is 0 Å². The van der Waals surface area contributed by atoms with E-state index in [0.717, 1.165) is 39.6 Å². The van der Waals surface area contributed by atoms with Crippen molar-refractivity contribution >= 4 is 67.8 Å². The fourth-order valence-corrected chi connectivity index (χ4v) is 8.31. The molecule has 2 heteroatoms. The highest BCUT2D eigenvalue weighted by molar-refractivity contribution is 6.14. The van der Waals surface area contributed by atoms with Gasteiger partial charge in [0.25, 0.3) is 0 Å². The molecule has 0 aliphatic heterocycles. The van der Waals surface area contributed by atoms with E-state index in [1.54, 1.807) is 0 Å². The molecule has 0 aliphatic rings. The molecule has 0 bridgehead atoms. The van der Waals surface area contributed by atoms with Gasteiger partial charge in [-0.1, -0.05) is 188 Å². The topological polar surface area (TPSA) is 6.48 Å². The minimum atomic E-state index is 1.12. The molecule has 10 rings (SSSR count). The van der Waals surface area contributed by atoms with Gasteiger partial charge in [-0.3, -0.25) is 0 Å². The molecule has 0 fully saturated rings. The van der Waals surface area contributed by atoms with E-state index in [-0.39, 0.29) is 0 Å². The Kier molecular flexibility index (Phi) is 10.2. The Morgan fingerprint density at radius 3 is 1.15 bits per heavy atom. The molecule has 0 saturated carbocycles. The Bertz CT molecular complexity index is 3040. The summed E-state index contributed by atoms with van der Waals surface area (Å²) < 4.78 is 0. The highest BCUT2D eigenvalue weighted by atomic mass is 15.1. The van der Waals surface area contributed by atoms with Crippen LogP contribution >= 0.6 is 0 Å². The maximum atomic E-state index is 2.39. The van der Waals surface area contributed by atoms with Crippen molar-refractivity contribution in [3.05, 3.63) is 253 Å². The third-order valence-corrected chi connectivity index (χ3v) is 11.5. The standard InChI is InChI=1S/C59H44N2/c1-43-20-36-54(37-21-43)61(59-42-50-12-8-9-17-56(50)57-18-10-11-19-58(57)59)55-40-34-49(35-41-55)47-30-26-45(27-31-47)23-22-44-24-28-46(29-25-44)48-32-38-53(39-33-48)60(51-13-4-2-5-14-51)52-15-6-3-7-16-52/h2-42H,1H3/b23-22+. The van der Waals surface area contributed by atoms with Crippen LogP contribution in [0.3, 0.4) is 0 Å². The second kappa shape index (κ2) is 16.7. The van der Waals surface area contributed by atoms with E-state index in [2.05, 4.69) is 265 Å². The van der Waals surface area contributed by atoms with E-state index in [1.165, 1.54) is 55.0 Å². The van der Waals surface area contributed by atoms with E-state index >= 15 is 0 Å². The average molecular weight is 781 g/mol. The molecule has 0 aliphatic carbocycles.